The van der Waals surface area contributed by atoms with Crippen LogP contribution in [0.5, 0.6) is 0 Å². The second-order valence-electron chi connectivity index (χ2n) is 4.88. The van der Waals surface area contributed by atoms with Gasteiger partial charge in [0.05, 0.1) is 0 Å². The third kappa shape index (κ3) is 1.90. The van der Waals surface area contributed by atoms with E-state index in [4.69, 9.17) is 0 Å². The van der Waals surface area contributed by atoms with Crippen molar-refractivity contribution in [2.75, 3.05) is 0 Å². The van der Waals surface area contributed by atoms with Gasteiger partial charge in [-0.3, -0.25) is 4.79 Å². The Bertz CT molecular complexity index is 797. The minimum atomic E-state index is -0.255. The molecule has 0 aliphatic rings. The van der Waals surface area contributed by atoms with E-state index in [1.54, 1.807) is 29.1 Å². The van der Waals surface area contributed by atoms with Crippen LogP contribution in [0.1, 0.15) is 21.5 Å². The van der Waals surface area contributed by atoms with Crippen LogP contribution in [-0.4, -0.2) is 15.7 Å². The molecule has 0 N–H and O–H groups in total. The molecule has 2 aromatic heterocycles. The third-order valence-electron chi connectivity index (χ3n) is 3.41. The van der Waals surface area contributed by atoms with Crippen LogP contribution >= 0.6 is 0 Å². The number of nitrogens with zero attached hydrogens (tertiary/aromatic N) is 2. The smallest absolute Gasteiger partial charge is 0.151 e. The molecular weight excluding hydrogens is 255 g/mol. The van der Waals surface area contributed by atoms with Crippen molar-refractivity contribution < 1.29 is 9.18 Å². The van der Waals surface area contributed by atoms with Crippen molar-refractivity contribution in [2.45, 2.75) is 13.8 Å². The highest BCUT2D eigenvalue weighted by atomic mass is 19.1. The van der Waals surface area contributed by atoms with Crippen molar-refractivity contribution in [3.63, 3.8) is 0 Å². The average Bonchev–Trinajstić information content (AvgIpc) is 2.85. The molecule has 3 aromatic rings. The van der Waals surface area contributed by atoms with Crippen LogP contribution in [-0.2, 0) is 0 Å². The van der Waals surface area contributed by atoms with Crippen molar-refractivity contribution in [1.29, 1.82) is 0 Å². The largest absolute Gasteiger partial charge is 0.306 e. The number of aldehydes is 1. The maximum atomic E-state index is 13.4. The Hall–Kier alpha value is -2.49. The number of benzene rings is 1. The monoisotopic (exact) mass is 268 g/mol. The van der Waals surface area contributed by atoms with E-state index in [-0.39, 0.29) is 5.82 Å². The lowest BCUT2D eigenvalue weighted by Crippen LogP contribution is -1.96. The summed E-state index contributed by atoms with van der Waals surface area (Å²) in [5, 5.41) is 0. The molecule has 3 nitrogen and oxygen atoms in total. The van der Waals surface area contributed by atoms with Crippen molar-refractivity contribution in [2.24, 2.45) is 0 Å². The number of rotatable bonds is 2. The number of carbonyl (C=O) groups is 1. The highest BCUT2D eigenvalue weighted by Gasteiger charge is 2.13. The zero-order valence-corrected chi connectivity index (χ0v) is 11.2. The van der Waals surface area contributed by atoms with Crippen LogP contribution in [0.15, 0.2) is 36.8 Å². The fourth-order valence-electron chi connectivity index (χ4n) is 2.64. The summed E-state index contributed by atoms with van der Waals surface area (Å²) in [6.45, 7) is 3.72. The summed E-state index contributed by atoms with van der Waals surface area (Å²) in [7, 11) is 0. The Balaban J connectivity index is 2.39. The van der Waals surface area contributed by atoms with Gasteiger partial charge >= 0.3 is 0 Å². The van der Waals surface area contributed by atoms with Gasteiger partial charge < -0.3 is 4.40 Å². The summed E-state index contributed by atoms with van der Waals surface area (Å²) in [5.74, 6) is -0.255. The van der Waals surface area contributed by atoms with E-state index in [0.29, 0.717) is 5.56 Å². The van der Waals surface area contributed by atoms with Gasteiger partial charge in [0.15, 0.2) is 6.29 Å². The third-order valence-corrected chi connectivity index (χ3v) is 3.41. The maximum absolute atomic E-state index is 13.4. The van der Waals surface area contributed by atoms with Gasteiger partial charge in [0.1, 0.15) is 11.5 Å². The van der Waals surface area contributed by atoms with Crippen molar-refractivity contribution in [1.82, 2.24) is 9.38 Å². The SMILES string of the molecule is Cc1cc(F)cc(C)c1-c1cc(C=O)cn2ccnc12. The average molecular weight is 268 g/mol. The highest BCUT2D eigenvalue weighted by molar-refractivity contribution is 5.87. The molecule has 4 heteroatoms. The first-order valence-electron chi connectivity index (χ1n) is 6.29. The minimum absolute atomic E-state index is 0.255. The minimum Gasteiger partial charge on any atom is -0.306 e. The molecule has 3 rings (SSSR count). The first-order valence-corrected chi connectivity index (χ1v) is 6.29. The molecule has 0 saturated carbocycles. The molecule has 0 atom stereocenters. The lowest BCUT2D eigenvalue weighted by atomic mass is 9.95. The molecule has 0 spiro atoms. The van der Waals surface area contributed by atoms with Crippen LogP contribution < -0.4 is 0 Å². The molecule has 0 bridgehead atoms. The Morgan fingerprint density at radius 2 is 1.90 bits per heavy atom. The fourth-order valence-corrected chi connectivity index (χ4v) is 2.64. The molecule has 100 valence electrons. The Kier molecular flexibility index (Phi) is 2.86. The van der Waals surface area contributed by atoms with Gasteiger partial charge in [0.2, 0.25) is 0 Å². The van der Waals surface area contributed by atoms with Crippen LogP contribution in [0.25, 0.3) is 16.8 Å². The second-order valence-corrected chi connectivity index (χ2v) is 4.88. The number of imidazole rings is 1. The molecule has 1 aromatic carbocycles. The number of halogens is 1. The molecule has 0 fully saturated rings. The standard InChI is InChI=1S/C16H13FN2O/c1-10-5-13(17)6-11(2)15(10)14-7-12(9-20)8-19-4-3-18-16(14)19/h3-9H,1-2H3. The summed E-state index contributed by atoms with van der Waals surface area (Å²) < 4.78 is 15.3. The zero-order chi connectivity index (χ0) is 14.3. The van der Waals surface area contributed by atoms with Gasteiger partial charge in [-0.15, -0.1) is 0 Å². The predicted molar refractivity (Wildman–Crippen MR) is 75.4 cm³/mol. The molecule has 0 aliphatic heterocycles. The number of pyridine rings is 1. The molecule has 0 unspecified atom stereocenters. The maximum Gasteiger partial charge on any atom is 0.151 e. The summed E-state index contributed by atoms with van der Waals surface area (Å²) >= 11 is 0. The van der Waals surface area contributed by atoms with Crippen LogP contribution in [0.2, 0.25) is 0 Å². The Morgan fingerprint density at radius 3 is 2.55 bits per heavy atom. The van der Waals surface area contributed by atoms with Crippen LogP contribution in [0.3, 0.4) is 0 Å². The first kappa shape index (κ1) is 12.5. The van der Waals surface area contributed by atoms with Gasteiger partial charge in [-0.1, -0.05) is 0 Å². The number of hydrogen-bond donors (Lipinski definition) is 0. The zero-order valence-electron chi connectivity index (χ0n) is 11.2. The first-order chi connectivity index (χ1) is 9.60. The van der Waals surface area contributed by atoms with Crippen molar-refractivity contribution in [3.05, 3.63) is 59.3 Å². The van der Waals surface area contributed by atoms with Gasteiger partial charge in [-0.2, -0.15) is 0 Å². The normalized spacial score (nSPS) is 10.9. The Labute approximate surface area is 115 Å². The number of aryl methyl sites for hydroxylation is 2. The van der Waals surface area contributed by atoms with Gasteiger partial charge in [0.25, 0.3) is 0 Å². The second kappa shape index (κ2) is 4.56. The molecule has 20 heavy (non-hydrogen) atoms. The fraction of sp³-hybridized carbons (Fsp3) is 0.125. The summed E-state index contributed by atoms with van der Waals surface area (Å²) in [6.07, 6.45) is 6.01. The molecular formula is C16H13FN2O. The van der Waals surface area contributed by atoms with E-state index in [9.17, 15) is 9.18 Å². The lowest BCUT2D eigenvalue weighted by molar-refractivity contribution is 0.112. The molecule has 0 radical (unpaired) electrons. The van der Waals surface area contributed by atoms with Crippen LogP contribution in [0.4, 0.5) is 4.39 Å². The van der Waals surface area contributed by atoms with Crippen molar-refractivity contribution in [3.8, 4) is 11.1 Å². The van der Waals surface area contributed by atoms with E-state index in [1.807, 2.05) is 13.8 Å². The number of hydrogen-bond acceptors (Lipinski definition) is 2. The summed E-state index contributed by atoms with van der Waals surface area (Å²) in [6, 6.07) is 4.79. The van der Waals surface area contributed by atoms with Crippen molar-refractivity contribution >= 4 is 11.9 Å². The quantitative estimate of drug-likeness (QED) is 0.666. The topological polar surface area (TPSA) is 34.4 Å². The predicted octanol–water partition coefficient (Wildman–Crippen LogP) is 3.57. The van der Waals surface area contributed by atoms with Crippen LogP contribution in [0, 0.1) is 19.7 Å². The Morgan fingerprint density at radius 1 is 1.20 bits per heavy atom. The van der Waals surface area contributed by atoms with Gasteiger partial charge in [-0.05, 0) is 48.7 Å². The molecule has 0 aliphatic carbocycles. The van der Waals surface area contributed by atoms with Gasteiger partial charge in [0, 0.05) is 29.7 Å². The molecule has 0 amide bonds. The van der Waals surface area contributed by atoms with E-state index in [1.165, 1.54) is 12.1 Å². The highest BCUT2D eigenvalue weighted by Crippen LogP contribution is 2.31. The van der Waals surface area contributed by atoms with E-state index >= 15 is 0 Å². The van der Waals surface area contributed by atoms with E-state index in [2.05, 4.69) is 4.98 Å². The lowest BCUT2D eigenvalue weighted by Gasteiger charge is -2.12. The molecule has 0 saturated heterocycles. The summed E-state index contributed by atoms with van der Waals surface area (Å²) in [5.41, 5.74) is 4.74. The summed E-state index contributed by atoms with van der Waals surface area (Å²) in [4.78, 5) is 15.4. The number of carbonyl (C=O) groups excluding carboxylic acids is 1. The van der Waals surface area contributed by atoms with E-state index < -0.39 is 0 Å². The van der Waals surface area contributed by atoms with Gasteiger partial charge in [-0.25, -0.2) is 9.37 Å². The number of fused-ring (bicyclic) bond motifs is 1. The molecule has 2 heterocycles. The van der Waals surface area contributed by atoms with E-state index in [0.717, 1.165) is 34.2 Å². The number of aromatic nitrogens is 2.